The summed E-state index contributed by atoms with van der Waals surface area (Å²) in [5, 5.41) is 1.75. The number of carbonyl (C=O) groups is 1. The molecule has 12 heavy (non-hydrogen) atoms. The number of hydrogen-bond donors (Lipinski definition) is 2. The van der Waals surface area contributed by atoms with Crippen LogP contribution in [0.1, 0.15) is 15.2 Å². The molecule has 5 heteroatoms. The third-order valence-electron chi connectivity index (χ3n) is 1.35. The third kappa shape index (κ3) is 2.04. The van der Waals surface area contributed by atoms with Crippen molar-refractivity contribution in [2.45, 2.75) is 6.54 Å². The first-order chi connectivity index (χ1) is 5.77. The molecule has 0 aliphatic carbocycles. The second kappa shape index (κ2) is 4.20. The Balaban J connectivity index is 2.70. The van der Waals surface area contributed by atoms with Crippen molar-refractivity contribution in [3.05, 3.63) is 21.9 Å². The lowest BCUT2D eigenvalue weighted by atomic mass is 10.3. The first kappa shape index (κ1) is 9.18. The molecule has 0 aromatic carbocycles. The van der Waals surface area contributed by atoms with Crippen LogP contribution in [0.15, 0.2) is 11.4 Å². The number of esters is 1. The molecule has 1 heterocycles. The normalized spacial score (nSPS) is 9.83. The van der Waals surface area contributed by atoms with Crippen molar-refractivity contribution in [1.82, 2.24) is 5.43 Å². The summed E-state index contributed by atoms with van der Waals surface area (Å²) >= 11 is 1.47. The Bertz CT molecular complexity index is 272. The summed E-state index contributed by atoms with van der Waals surface area (Å²) in [6.45, 7) is 0.571. The Morgan fingerprint density at radius 1 is 1.83 bits per heavy atom. The van der Waals surface area contributed by atoms with Gasteiger partial charge in [-0.15, -0.1) is 11.3 Å². The average Bonchev–Trinajstić information content (AvgIpc) is 2.52. The van der Waals surface area contributed by atoms with Gasteiger partial charge in [0.2, 0.25) is 0 Å². The van der Waals surface area contributed by atoms with Crippen LogP contribution in [0.2, 0.25) is 0 Å². The van der Waals surface area contributed by atoms with Gasteiger partial charge in [0, 0.05) is 16.8 Å². The number of rotatable bonds is 3. The largest absolute Gasteiger partial charge is 0.465 e. The minimum atomic E-state index is -0.311. The molecule has 0 unspecified atom stereocenters. The zero-order valence-corrected chi connectivity index (χ0v) is 7.48. The number of nitrogens with one attached hydrogen (secondary N) is 1. The molecule has 0 spiro atoms. The summed E-state index contributed by atoms with van der Waals surface area (Å²) in [6, 6.07) is 1.76. The van der Waals surface area contributed by atoms with E-state index in [0.717, 1.165) is 4.88 Å². The van der Waals surface area contributed by atoms with Crippen LogP contribution in [0.3, 0.4) is 0 Å². The monoisotopic (exact) mass is 186 g/mol. The standard InChI is InChI=1S/C7H10N2O2S/c1-11-7(10)5-2-6(3-9-8)12-4-5/h2,4,9H,3,8H2,1H3. The number of hydrogen-bond acceptors (Lipinski definition) is 5. The molecule has 66 valence electrons. The first-order valence-electron chi connectivity index (χ1n) is 3.37. The van der Waals surface area contributed by atoms with Crippen LogP contribution in [0.5, 0.6) is 0 Å². The number of carbonyl (C=O) groups excluding carboxylic acids is 1. The minimum Gasteiger partial charge on any atom is -0.465 e. The van der Waals surface area contributed by atoms with E-state index in [2.05, 4.69) is 10.2 Å². The highest BCUT2D eigenvalue weighted by atomic mass is 32.1. The Morgan fingerprint density at radius 2 is 2.58 bits per heavy atom. The molecule has 0 fully saturated rings. The molecular formula is C7H10N2O2S. The minimum absolute atomic E-state index is 0.311. The van der Waals surface area contributed by atoms with Crippen molar-refractivity contribution in [1.29, 1.82) is 0 Å². The van der Waals surface area contributed by atoms with Crippen LogP contribution in [-0.4, -0.2) is 13.1 Å². The van der Waals surface area contributed by atoms with Gasteiger partial charge in [0.05, 0.1) is 12.7 Å². The lowest BCUT2D eigenvalue weighted by Crippen LogP contribution is -2.20. The van der Waals surface area contributed by atoms with Gasteiger partial charge in [-0.1, -0.05) is 0 Å². The fourth-order valence-corrected chi connectivity index (χ4v) is 1.60. The molecule has 0 aliphatic heterocycles. The number of hydrazine groups is 1. The average molecular weight is 186 g/mol. The summed E-state index contributed by atoms with van der Waals surface area (Å²) in [5.74, 6) is 4.81. The first-order valence-corrected chi connectivity index (χ1v) is 4.25. The van der Waals surface area contributed by atoms with Crippen molar-refractivity contribution in [2.24, 2.45) is 5.84 Å². The van der Waals surface area contributed by atoms with Crippen LogP contribution >= 0.6 is 11.3 Å². The summed E-state index contributed by atoms with van der Waals surface area (Å²) in [6.07, 6.45) is 0. The Labute approximate surface area is 74.3 Å². The summed E-state index contributed by atoms with van der Waals surface area (Å²) in [7, 11) is 1.36. The highest BCUT2D eigenvalue weighted by Gasteiger charge is 2.07. The van der Waals surface area contributed by atoms with E-state index in [1.165, 1.54) is 18.4 Å². The third-order valence-corrected chi connectivity index (χ3v) is 2.29. The number of nitrogens with two attached hydrogens (primary N) is 1. The predicted molar refractivity (Wildman–Crippen MR) is 46.7 cm³/mol. The van der Waals surface area contributed by atoms with Gasteiger partial charge in [0.1, 0.15) is 0 Å². The van der Waals surface area contributed by atoms with E-state index in [9.17, 15) is 4.79 Å². The van der Waals surface area contributed by atoms with Crippen molar-refractivity contribution in [3.63, 3.8) is 0 Å². The van der Waals surface area contributed by atoms with Gasteiger partial charge >= 0.3 is 5.97 Å². The van der Waals surface area contributed by atoms with Crippen molar-refractivity contribution in [3.8, 4) is 0 Å². The van der Waals surface area contributed by atoms with E-state index >= 15 is 0 Å². The van der Waals surface area contributed by atoms with Gasteiger partial charge < -0.3 is 4.74 Å². The highest BCUT2D eigenvalue weighted by molar-refractivity contribution is 7.10. The molecule has 0 bridgehead atoms. The molecule has 0 saturated heterocycles. The highest BCUT2D eigenvalue weighted by Crippen LogP contribution is 2.14. The molecule has 3 N–H and O–H groups in total. The number of ether oxygens (including phenoxy) is 1. The summed E-state index contributed by atoms with van der Waals surface area (Å²) in [4.78, 5) is 12.0. The second-order valence-electron chi connectivity index (χ2n) is 2.17. The van der Waals surface area contributed by atoms with Gasteiger partial charge in [-0.05, 0) is 6.07 Å². The van der Waals surface area contributed by atoms with Crippen LogP contribution in [0.25, 0.3) is 0 Å². The molecule has 1 aromatic heterocycles. The quantitative estimate of drug-likeness (QED) is 0.410. The molecule has 0 atom stereocenters. The second-order valence-corrected chi connectivity index (χ2v) is 3.17. The van der Waals surface area contributed by atoms with E-state index < -0.39 is 0 Å². The number of methoxy groups -OCH3 is 1. The lowest BCUT2D eigenvalue weighted by Gasteiger charge is -1.93. The topological polar surface area (TPSA) is 64.3 Å². The molecule has 1 rings (SSSR count). The Morgan fingerprint density at radius 3 is 3.17 bits per heavy atom. The maximum Gasteiger partial charge on any atom is 0.338 e. The fourth-order valence-electron chi connectivity index (χ4n) is 0.799. The van der Waals surface area contributed by atoms with Gasteiger partial charge in [0.15, 0.2) is 0 Å². The van der Waals surface area contributed by atoms with Crippen LogP contribution in [0.4, 0.5) is 0 Å². The molecule has 0 radical (unpaired) electrons. The van der Waals surface area contributed by atoms with E-state index in [0.29, 0.717) is 12.1 Å². The van der Waals surface area contributed by atoms with E-state index in [4.69, 9.17) is 5.84 Å². The zero-order valence-electron chi connectivity index (χ0n) is 6.66. The maximum absolute atomic E-state index is 11.0. The smallest absolute Gasteiger partial charge is 0.338 e. The SMILES string of the molecule is COC(=O)c1csc(CNN)c1. The lowest BCUT2D eigenvalue weighted by molar-refractivity contribution is 0.0601. The van der Waals surface area contributed by atoms with Gasteiger partial charge in [0.25, 0.3) is 0 Å². The van der Waals surface area contributed by atoms with E-state index in [1.807, 2.05) is 0 Å². The van der Waals surface area contributed by atoms with Crippen molar-refractivity contribution in [2.75, 3.05) is 7.11 Å². The Kier molecular flexibility index (Phi) is 3.21. The van der Waals surface area contributed by atoms with Gasteiger partial charge in [-0.2, -0.15) is 0 Å². The maximum atomic E-state index is 11.0. The van der Waals surface area contributed by atoms with Crippen molar-refractivity contribution < 1.29 is 9.53 Å². The molecule has 0 aliphatic rings. The summed E-state index contributed by atoms with van der Waals surface area (Å²) in [5.41, 5.74) is 3.09. The molecular weight excluding hydrogens is 176 g/mol. The van der Waals surface area contributed by atoms with Crippen molar-refractivity contribution >= 4 is 17.3 Å². The summed E-state index contributed by atoms with van der Waals surface area (Å²) < 4.78 is 4.54. The fraction of sp³-hybridized carbons (Fsp3) is 0.286. The molecule has 0 saturated carbocycles. The van der Waals surface area contributed by atoms with Gasteiger partial charge in [-0.25, -0.2) is 4.79 Å². The zero-order chi connectivity index (χ0) is 8.97. The van der Waals surface area contributed by atoms with Crippen LogP contribution in [0, 0.1) is 0 Å². The number of thiophene rings is 1. The molecule has 0 amide bonds. The van der Waals surface area contributed by atoms with Crippen LogP contribution < -0.4 is 11.3 Å². The molecule has 1 aromatic rings. The predicted octanol–water partition coefficient (Wildman–Crippen LogP) is 0.498. The Hall–Kier alpha value is -0.910. The van der Waals surface area contributed by atoms with E-state index in [-0.39, 0.29) is 5.97 Å². The molecule has 4 nitrogen and oxygen atoms in total. The van der Waals surface area contributed by atoms with Crippen LogP contribution in [-0.2, 0) is 11.3 Å². The van der Waals surface area contributed by atoms with Gasteiger partial charge in [-0.3, -0.25) is 11.3 Å². The van der Waals surface area contributed by atoms with E-state index in [1.54, 1.807) is 11.4 Å².